The Kier molecular flexibility index (Phi) is 7.19. The zero-order chi connectivity index (χ0) is 42.8. The predicted octanol–water partition coefficient (Wildman–Crippen LogP) is 11.7. The fourth-order valence-electron chi connectivity index (χ4n) is 10.7. The lowest BCUT2D eigenvalue weighted by Gasteiger charge is -2.33. The van der Waals surface area contributed by atoms with E-state index in [9.17, 15) is 32.1 Å². The molecule has 2 aliphatic rings. The molecule has 4 amide bonds. The van der Waals surface area contributed by atoms with Crippen LogP contribution >= 0.6 is 0 Å². The molecular formula is C52H34N2O7S. The second kappa shape index (κ2) is 12.2. The molecule has 0 aromatic heterocycles. The molecule has 12 rings (SSSR count). The van der Waals surface area contributed by atoms with Crippen LogP contribution in [-0.2, 0) is 10.1 Å². The van der Waals surface area contributed by atoms with Crippen molar-refractivity contribution in [2.24, 2.45) is 0 Å². The zero-order valence-corrected chi connectivity index (χ0v) is 34.6. The number of fused-ring (bicyclic) bond motifs is 4. The molecule has 0 radical (unpaired) electrons. The molecule has 2 heterocycles. The van der Waals surface area contributed by atoms with E-state index in [-0.39, 0.29) is 29.3 Å². The number of nitrogens with zero attached hydrogens (tertiary/aromatic N) is 2. The van der Waals surface area contributed by atoms with E-state index in [0.29, 0.717) is 38.7 Å². The van der Waals surface area contributed by atoms with Gasteiger partial charge in [-0.15, -0.1) is 0 Å². The van der Waals surface area contributed by atoms with Gasteiger partial charge in [0.05, 0.1) is 16.3 Å². The molecule has 0 unspecified atom stereocenters. The Balaban J connectivity index is 1.08. The van der Waals surface area contributed by atoms with E-state index in [4.69, 9.17) is 0 Å². The first-order valence-electron chi connectivity index (χ1n) is 20.5. The van der Waals surface area contributed by atoms with E-state index in [0.717, 1.165) is 86.7 Å². The third-order valence-electron chi connectivity index (χ3n) is 13.3. The quantitative estimate of drug-likeness (QED) is 0.0791. The summed E-state index contributed by atoms with van der Waals surface area (Å²) in [6, 6.07) is 34.5. The second-order valence-corrected chi connectivity index (χ2v) is 18.6. The Morgan fingerprint density at radius 3 is 1.10 bits per heavy atom. The molecule has 0 fully saturated rings. The largest absolute Gasteiger partial charge is 0.294 e. The molecule has 2 aliphatic heterocycles. The van der Waals surface area contributed by atoms with Crippen LogP contribution in [-0.4, -0.2) is 36.6 Å². The molecule has 0 saturated carbocycles. The minimum absolute atomic E-state index is 0.0297. The first-order chi connectivity index (χ1) is 29.8. The van der Waals surface area contributed by atoms with Gasteiger partial charge in [-0.05, 0) is 130 Å². The number of benzene rings is 10. The van der Waals surface area contributed by atoms with Crippen LogP contribution in [0.4, 0.5) is 11.4 Å². The average molecular weight is 831 g/mol. The van der Waals surface area contributed by atoms with Crippen LogP contribution in [0.5, 0.6) is 0 Å². The van der Waals surface area contributed by atoms with Gasteiger partial charge < -0.3 is 0 Å². The molecule has 0 bridgehead atoms. The topological polar surface area (TPSA) is 129 Å². The van der Waals surface area contributed by atoms with Gasteiger partial charge in [0.1, 0.15) is 0 Å². The second-order valence-electron chi connectivity index (χ2n) is 17.2. The number of carbonyl (C=O) groups is 4. The van der Waals surface area contributed by atoms with Gasteiger partial charge in [-0.1, -0.05) is 100 Å². The number of hydrogen-bond acceptors (Lipinski definition) is 6. The highest BCUT2D eigenvalue weighted by atomic mass is 32.2. The maximum atomic E-state index is 14.8. The third-order valence-corrected chi connectivity index (χ3v) is 14.2. The minimum Gasteiger partial charge on any atom is -0.282 e. The van der Waals surface area contributed by atoms with Crippen molar-refractivity contribution >= 4 is 121 Å². The van der Waals surface area contributed by atoms with E-state index in [1.807, 2.05) is 54.6 Å². The molecule has 0 atom stereocenters. The van der Waals surface area contributed by atoms with Gasteiger partial charge in [0.25, 0.3) is 33.7 Å². The monoisotopic (exact) mass is 830 g/mol. The lowest BCUT2D eigenvalue weighted by molar-refractivity contribution is 0.0877. The van der Waals surface area contributed by atoms with Gasteiger partial charge in [0.15, 0.2) is 0 Å². The first kappa shape index (κ1) is 36.6. The smallest absolute Gasteiger partial charge is 0.282 e. The summed E-state index contributed by atoms with van der Waals surface area (Å²) in [7, 11) is -4.59. The molecule has 10 aromatic carbocycles. The number of rotatable bonds is 5. The summed E-state index contributed by atoms with van der Waals surface area (Å²) in [6.07, 6.45) is 0. The van der Waals surface area contributed by atoms with Gasteiger partial charge in [-0.25, -0.2) is 9.80 Å². The van der Waals surface area contributed by atoms with Gasteiger partial charge in [-0.2, -0.15) is 8.42 Å². The van der Waals surface area contributed by atoms with Crippen molar-refractivity contribution in [2.45, 2.75) is 44.4 Å². The lowest BCUT2D eigenvalue weighted by atomic mass is 9.80. The molecule has 10 aromatic rings. The van der Waals surface area contributed by atoms with E-state index >= 15 is 0 Å². The fraction of sp³-hybridized carbons (Fsp3) is 0.115. The zero-order valence-electron chi connectivity index (χ0n) is 33.8. The van der Waals surface area contributed by atoms with E-state index in [1.54, 1.807) is 12.1 Å². The lowest BCUT2D eigenvalue weighted by Crippen LogP contribution is -2.41. The standard InChI is InChI=1S/C52H34N2O7S/c1-24(2)28-9-6-10-29(25(3)4)48(28)54-51(57)40-21-17-36-32-13-11-30-34-15-19-38-46-39(50(56)53(49(38)55)26-7-5-8-27(23-26)62(59,60)61)20-16-35(44(34)46)31-12-14-33(43(32)42(30)31)37-18-22-41(52(54)58)47(40)45(36)37/h5-25H,1-4H3,(H,59,60,61). The summed E-state index contributed by atoms with van der Waals surface area (Å²) < 4.78 is 33.6. The fourth-order valence-corrected chi connectivity index (χ4v) is 11.2. The molecule has 1 N–H and O–H groups in total. The summed E-state index contributed by atoms with van der Waals surface area (Å²) in [5, 5.41) is 12.4. The average Bonchev–Trinajstić information content (AvgIpc) is 3.26. The molecule has 10 heteroatoms. The van der Waals surface area contributed by atoms with Crippen molar-refractivity contribution < 1.29 is 32.1 Å². The molecule has 0 aliphatic carbocycles. The van der Waals surface area contributed by atoms with Crippen molar-refractivity contribution in [3.8, 4) is 0 Å². The molecule has 9 nitrogen and oxygen atoms in total. The Hall–Kier alpha value is -7.27. The summed E-state index contributed by atoms with van der Waals surface area (Å²) in [6.45, 7) is 8.32. The highest BCUT2D eigenvalue weighted by molar-refractivity contribution is 7.85. The Morgan fingerprint density at radius 1 is 0.419 bits per heavy atom. The number of hydrogen-bond donors (Lipinski definition) is 1. The Labute approximate surface area is 354 Å². The third kappa shape index (κ3) is 4.52. The van der Waals surface area contributed by atoms with Crippen LogP contribution in [0.1, 0.15) is 92.1 Å². The number of carbonyl (C=O) groups excluding carboxylic acids is 4. The van der Waals surface area contributed by atoms with Crippen molar-refractivity contribution in [2.75, 3.05) is 9.80 Å². The highest BCUT2D eigenvalue weighted by Gasteiger charge is 2.39. The summed E-state index contributed by atoms with van der Waals surface area (Å²) in [5.74, 6) is -1.70. The summed E-state index contributed by atoms with van der Waals surface area (Å²) in [5.41, 5.74) is 4.19. The molecule has 0 saturated heterocycles. The number of para-hydroxylation sites is 1. The maximum absolute atomic E-state index is 14.8. The summed E-state index contributed by atoms with van der Waals surface area (Å²) in [4.78, 5) is 59.9. The first-order valence-corrected chi connectivity index (χ1v) is 22.0. The van der Waals surface area contributed by atoms with Crippen molar-refractivity contribution in [1.29, 1.82) is 0 Å². The maximum Gasteiger partial charge on any atom is 0.294 e. The molecule has 300 valence electrons. The molecule has 62 heavy (non-hydrogen) atoms. The Bertz CT molecular complexity index is 3690. The number of amides is 4. The normalized spacial score (nSPS) is 14.7. The SMILES string of the molecule is CC(C)c1cccc(C(C)C)c1N1C(=O)c2ccc3c4ccc5c6ccc7c8c(ccc(c9ccc(c%10ccc(c2c3%10)C1=O)c4c59)c86)C(=O)N(c1cccc(S(=O)(=O)O)c1)C7=O. The van der Waals surface area contributed by atoms with Crippen molar-refractivity contribution in [3.63, 3.8) is 0 Å². The van der Waals surface area contributed by atoms with Crippen LogP contribution in [0.15, 0.2) is 120 Å². The van der Waals surface area contributed by atoms with Crippen LogP contribution in [0.2, 0.25) is 0 Å². The highest BCUT2D eigenvalue weighted by Crippen LogP contribution is 2.51. The number of anilines is 2. The summed E-state index contributed by atoms with van der Waals surface area (Å²) >= 11 is 0. The van der Waals surface area contributed by atoms with Gasteiger partial charge >= 0.3 is 0 Å². The van der Waals surface area contributed by atoms with Crippen molar-refractivity contribution in [3.05, 3.63) is 149 Å². The van der Waals surface area contributed by atoms with Crippen LogP contribution in [0, 0.1) is 0 Å². The van der Waals surface area contributed by atoms with Crippen LogP contribution in [0.25, 0.3) is 75.4 Å². The minimum atomic E-state index is -4.59. The van der Waals surface area contributed by atoms with Gasteiger partial charge in [0, 0.05) is 33.0 Å². The van der Waals surface area contributed by atoms with Crippen LogP contribution in [0.3, 0.4) is 0 Å². The molecular weight excluding hydrogens is 797 g/mol. The predicted molar refractivity (Wildman–Crippen MR) is 245 cm³/mol. The Morgan fingerprint density at radius 2 is 0.742 bits per heavy atom. The van der Waals surface area contributed by atoms with Crippen LogP contribution < -0.4 is 9.80 Å². The van der Waals surface area contributed by atoms with Gasteiger partial charge in [-0.3, -0.25) is 23.7 Å². The number of imide groups is 2. The van der Waals surface area contributed by atoms with E-state index in [1.165, 1.54) is 23.1 Å². The van der Waals surface area contributed by atoms with Gasteiger partial charge in [0.2, 0.25) is 0 Å². The van der Waals surface area contributed by atoms with Crippen molar-refractivity contribution in [1.82, 2.24) is 0 Å². The van der Waals surface area contributed by atoms with E-state index in [2.05, 4.69) is 52.0 Å². The van der Waals surface area contributed by atoms with E-state index < -0.39 is 26.8 Å². The molecule has 0 spiro atoms.